The predicted molar refractivity (Wildman–Crippen MR) is 65.5 cm³/mol. The van der Waals surface area contributed by atoms with Gasteiger partial charge in [0, 0.05) is 17.2 Å². The van der Waals surface area contributed by atoms with Crippen molar-refractivity contribution in [2.75, 3.05) is 6.61 Å². The average Bonchev–Trinajstić information content (AvgIpc) is 2.21. The third kappa shape index (κ3) is 4.82. The van der Waals surface area contributed by atoms with Crippen molar-refractivity contribution >= 4 is 0 Å². The Morgan fingerprint density at radius 1 is 1.20 bits per heavy atom. The summed E-state index contributed by atoms with van der Waals surface area (Å²) in [6.07, 6.45) is 0. The largest absolute Gasteiger partial charge is 0.478 e. The van der Waals surface area contributed by atoms with E-state index < -0.39 is 0 Å². The van der Waals surface area contributed by atoms with Crippen LogP contribution in [0.4, 0.5) is 0 Å². The molecule has 86 valence electrons. The first-order valence-electron chi connectivity index (χ1n) is 5.64. The molecule has 1 aromatic heterocycles. The molecule has 0 bridgehead atoms. The molecule has 1 rings (SSSR count). The lowest BCUT2D eigenvalue weighted by Crippen LogP contribution is -2.13. The third-order valence-corrected chi connectivity index (χ3v) is 1.78. The maximum atomic E-state index is 5.33. The zero-order valence-electron chi connectivity index (χ0n) is 10.8. The molecule has 0 atom stereocenters. The van der Waals surface area contributed by atoms with Gasteiger partial charge < -0.3 is 4.74 Å². The Kier molecular flexibility index (Phi) is 5.99. The van der Waals surface area contributed by atoms with Crippen molar-refractivity contribution < 1.29 is 4.74 Å². The van der Waals surface area contributed by atoms with Crippen molar-refractivity contribution in [2.24, 2.45) is 0 Å². The molecule has 0 radical (unpaired) electrons. The molecule has 0 saturated carbocycles. The van der Waals surface area contributed by atoms with Crippen LogP contribution >= 0.6 is 0 Å². The topological polar surface area (TPSA) is 22.1 Å². The first-order valence-corrected chi connectivity index (χ1v) is 5.64. The van der Waals surface area contributed by atoms with Crippen LogP contribution in [-0.4, -0.2) is 11.6 Å². The Hall–Kier alpha value is -1.05. The molecule has 0 saturated heterocycles. The molecular formula is C13H23NO. The van der Waals surface area contributed by atoms with Crippen LogP contribution in [0.5, 0.6) is 5.88 Å². The first-order chi connectivity index (χ1) is 7.04. The molecule has 2 nitrogen and oxygen atoms in total. The Labute approximate surface area is 93.7 Å². The molecule has 0 aromatic carbocycles. The van der Waals surface area contributed by atoms with Crippen LogP contribution < -0.4 is 4.74 Å². The van der Waals surface area contributed by atoms with E-state index in [4.69, 9.17) is 4.74 Å². The molecule has 0 aliphatic carbocycles. The second-order valence-electron chi connectivity index (χ2n) is 4.04. The highest BCUT2D eigenvalue weighted by Gasteiger charge is 2.15. The number of aromatic nitrogens is 1. The zero-order chi connectivity index (χ0) is 11.9. The number of hydrogen-bond donors (Lipinski definition) is 0. The van der Waals surface area contributed by atoms with Crippen LogP contribution in [-0.2, 0) is 5.41 Å². The first kappa shape index (κ1) is 13.9. The summed E-state index contributed by atoms with van der Waals surface area (Å²) >= 11 is 0. The van der Waals surface area contributed by atoms with E-state index in [2.05, 4.69) is 25.8 Å². The Bertz CT molecular complexity index is 276. The highest BCUT2D eigenvalue weighted by Crippen LogP contribution is 2.21. The summed E-state index contributed by atoms with van der Waals surface area (Å²) in [5, 5.41) is 0. The Morgan fingerprint density at radius 3 is 2.27 bits per heavy atom. The van der Waals surface area contributed by atoms with Crippen molar-refractivity contribution in [1.29, 1.82) is 0 Å². The van der Waals surface area contributed by atoms with E-state index in [0.717, 1.165) is 11.6 Å². The lowest BCUT2D eigenvalue weighted by molar-refractivity contribution is 0.323. The molecule has 0 spiro atoms. The van der Waals surface area contributed by atoms with Gasteiger partial charge in [-0.25, -0.2) is 4.98 Å². The quantitative estimate of drug-likeness (QED) is 0.739. The van der Waals surface area contributed by atoms with Gasteiger partial charge in [0.1, 0.15) is 0 Å². The van der Waals surface area contributed by atoms with Crippen molar-refractivity contribution in [3.8, 4) is 5.88 Å². The number of rotatable bonds is 2. The van der Waals surface area contributed by atoms with E-state index in [1.165, 1.54) is 0 Å². The Morgan fingerprint density at radius 2 is 1.80 bits per heavy atom. The second-order valence-corrected chi connectivity index (χ2v) is 4.04. The third-order valence-electron chi connectivity index (χ3n) is 1.78. The summed E-state index contributed by atoms with van der Waals surface area (Å²) in [6.45, 7) is 13.1. The number of pyridine rings is 1. The smallest absolute Gasteiger partial charge is 0.213 e. The molecule has 0 aliphatic heterocycles. The van der Waals surface area contributed by atoms with E-state index in [1.54, 1.807) is 0 Å². The van der Waals surface area contributed by atoms with Gasteiger partial charge in [0.15, 0.2) is 0 Å². The molecule has 0 unspecified atom stereocenters. The molecule has 1 heterocycles. The van der Waals surface area contributed by atoms with Gasteiger partial charge in [-0.2, -0.15) is 0 Å². The minimum Gasteiger partial charge on any atom is -0.478 e. The highest BCUT2D eigenvalue weighted by molar-refractivity contribution is 5.20. The van der Waals surface area contributed by atoms with E-state index in [-0.39, 0.29) is 5.41 Å². The summed E-state index contributed by atoms with van der Waals surface area (Å²) in [7, 11) is 0. The van der Waals surface area contributed by atoms with Gasteiger partial charge >= 0.3 is 0 Å². The monoisotopic (exact) mass is 209 g/mol. The molecule has 2 heteroatoms. The summed E-state index contributed by atoms with van der Waals surface area (Å²) in [6, 6.07) is 5.90. The summed E-state index contributed by atoms with van der Waals surface area (Å²) in [5.41, 5.74) is 1.16. The molecule has 0 fully saturated rings. The molecule has 0 aliphatic rings. The second kappa shape index (κ2) is 6.44. The van der Waals surface area contributed by atoms with Crippen molar-refractivity contribution in [3.63, 3.8) is 0 Å². The van der Waals surface area contributed by atoms with Crippen molar-refractivity contribution in [3.05, 3.63) is 23.9 Å². The predicted octanol–water partition coefficient (Wildman–Crippen LogP) is 3.80. The summed E-state index contributed by atoms with van der Waals surface area (Å²) in [5.74, 6) is 0.718. The van der Waals surface area contributed by atoms with Gasteiger partial charge in [-0.05, 0) is 13.0 Å². The van der Waals surface area contributed by atoms with Crippen LogP contribution in [0.3, 0.4) is 0 Å². The van der Waals surface area contributed by atoms with E-state index in [0.29, 0.717) is 6.61 Å². The van der Waals surface area contributed by atoms with Gasteiger partial charge in [0.2, 0.25) is 5.88 Å². The zero-order valence-corrected chi connectivity index (χ0v) is 10.8. The van der Waals surface area contributed by atoms with Crippen LogP contribution in [0.2, 0.25) is 0 Å². The van der Waals surface area contributed by atoms with Gasteiger partial charge in [-0.1, -0.05) is 40.7 Å². The number of hydrogen-bond acceptors (Lipinski definition) is 2. The minimum atomic E-state index is 0.0904. The molecule has 0 N–H and O–H groups in total. The van der Waals surface area contributed by atoms with Gasteiger partial charge in [-0.3, -0.25) is 0 Å². The van der Waals surface area contributed by atoms with Gasteiger partial charge in [-0.15, -0.1) is 0 Å². The normalized spacial score (nSPS) is 10.3. The maximum Gasteiger partial charge on any atom is 0.213 e. The van der Waals surface area contributed by atoms with E-state index in [1.807, 2.05) is 39.0 Å². The molecule has 0 amide bonds. The van der Waals surface area contributed by atoms with Crippen LogP contribution in [0.25, 0.3) is 0 Å². The lowest BCUT2D eigenvalue weighted by Gasteiger charge is -2.17. The summed E-state index contributed by atoms with van der Waals surface area (Å²) in [4.78, 5) is 4.41. The maximum absolute atomic E-state index is 5.33. The average molecular weight is 209 g/mol. The molecular weight excluding hydrogens is 186 g/mol. The van der Waals surface area contributed by atoms with E-state index in [9.17, 15) is 0 Å². The molecule has 1 aromatic rings. The minimum absolute atomic E-state index is 0.0904. The molecule has 15 heavy (non-hydrogen) atoms. The lowest BCUT2D eigenvalue weighted by atomic mass is 9.92. The van der Waals surface area contributed by atoms with E-state index >= 15 is 0 Å². The van der Waals surface area contributed by atoms with Crippen molar-refractivity contribution in [2.45, 2.75) is 47.0 Å². The standard InChI is InChI=1S/C11H17NO.C2H6/c1-5-13-10-8-6-7-9(12-10)11(2,3)4;1-2/h6-8H,5H2,1-4H3;1-2H3. The van der Waals surface area contributed by atoms with Crippen molar-refractivity contribution in [1.82, 2.24) is 4.98 Å². The van der Waals surface area contributed by atoms with Crippen LogP contribution in [0.1, 0.15) is 47.2 Å². The number of nitrogens with zero attached hydrogens (tertiary/aromatic N) is 1. The number of ether oxygens (including phenoxy) is 1. The van der Waals surface area contributed by atoms with Gasteiger partial charge in [0.25, 0.3) is 0 Å². The Balaban J connectivity index is 0.000000921. The fourth-order valence-electron chi connectivity index (χ4n) is 1.06. The fourth-order valence-corrected chi connectivity index (χ4v) is 1.06. The summed E-state index contributed by atoms with van der Waals surface area (Å²) < 4.78 is 5.33. The van der Waals surface area contributed by atoms with Crippen LogP contribution in [0.15, 0.2) is 18.2 Å². The van der Waals surface area contributed by atoms with Gasteiger partial charge in [0.05, 0.1) is 6.61 Å². The fraction of sp³-hybridized carbons (Fsp3) is 0.615. The SMILES string of the molecule is CC.CCOc1cccc(C(C)(C)C)n1. The highest BCUT2D eigenvalue weighted by atomic mass is 16.5. The van der Waals surface area contributed by atoms with Crippen LogP contribution in [0, 0.1) is 0 Å².